The molecule has 0 saturated heterocycles. The number of amides is 1. The fraction of sp³-hybridized carbons (Fsp3) is 0. The molecule has 0 aliphatic heterocycles. The molecule has 0 unspecified atom stereocenters. The molecular formula is C19H16N6O. The number of primary amides is 1. The van der Waals surface area contributed by atoms with Gasteiger partial charge in [0, 0.05) is 28.2 Å². The number of fused-ring (bicyclic) bond motifs is 1. The highest BCUT2D eigenvalue weighted by Gasteiger charge is 2.10. The maximum Gasteiger partial charge on any atom is 0.248 e. The molecule has 26 heavy (non-hydrogen) atoms. The first kappa shape index (κ1) is 15.6. The van der Waals surface area contributed by atoms with Crippen LogP contribution in [0.25, 0.3) is 22.3 Å². The van der Waals surface area contributed by atoms with E-state index in [2.05, 4.69) is 20.3 Å². The predicted molar refractivity (Wildman–Crippen MR) is 102 cm³/mol. The van der Waals surface area contributed by atoms with Crippen molar-refractivity contribution in [3.63, 3.8) is 0 Å². The van der Waals surface area contributed by atoms with Crippen LogP contribution in [0.2, 0.25) is 0 Å². The van der Waals surface area contributed by atoms with Gasteiger partial charge in [0.1, 0.15) is 17.8 Å². The Bertz CT molecular complexity index is 1100. The number of carbonyl (C=O) groups excluding carboxylic acids is 1. The molecule has 4 aromatic rings. The minimum absolute atomic E-state index is 0.453. The predicted octanol–water partition coefficient (Wildman–Crippen LogP) is 3.05. The summed E-state index contributed by atoms with van der Waals surface area (Å²) in [6.07, 6.45) is 1.49. The van der Waals surface area contributed by atoms with Crippen molar-refractivity contribution in [3.05, 3.63) is 66.5 Å². The minimum atomic E-state index is -0.460. The molecule has 0 atom stereocenters. The molecular weight excluding hydrogens is 328 g/mol. The van der Waals surface area contributed by atoms with E-state index in [1.54, 1.807) is 24.3 Å². The van der Waals surface area contributed by atoms with Gasteiger partial charge in [0.05, 0.1) is 5.39 Å². The highest BCUT2D eigenvalue weighted by Crippen LogP contribution is 2.29. The molecule has 0 aliphatic carbocycles. The van der Waals surface area contributed by atoms with Crippen LogP contribution in [0, 0.1) is 0 Å². The van der Waals surface area contributed by atoms with E-state index >= 15 is 0 Å². The molecule has 2 aromatic heterocycles. The largest absolute Gasteiger partial charge is 0.399 e. The standard InChI is InChI=1S/C19H16N6O/c20-13-3-1-2-12(8-13)16-9-15-18(22-10-23-19(15)25-16)24-14-6-4-11(5-7-14)17(21)26/h1-10H,20H2,(H2,21,26)(H2,22,23,24,25). The number of nitrogens with two attached hydrogens (primary N) is 2. The highest BCUT2D eigenvalue weighted by molar-refractivity contribution is 5.94. The highest BCUT2D eigenvalue weighted by atomic mass is 16.1. The van der Waals surface area contributed by atoms with Crippen LogP contribution in [0.4, 0.5) is 17.2 Å². The van der Waals surface area contributed by atoms with Crippen LogP contribution in [0.15, 0.2) is 60.9 Å². The third-order valence-electron chi connectivity index (χ3n) is 4.06. The topological polar surface area (TPSA) is 123 Å². The van der Waals surface area contributed by atoms with Crippen LogP contribution in [0.5, 0.6) is 0 Å². The molecule has 7 nitrogen and oxygen atoms in total. The zero-order chi connectivity index (χ0) is 18.1. The fourth-order valence-electron chi connectivity index (χ4n) is 2.76. The summed E-state index contributed by atoms with van der Waals surface area (Å²) in [5.41, 5.74) is 15.7. The van der Waals surface area contributed by atoms with E-state index in [1.807, 2.05) is 30.3 Å². The average Bonchev–Trinajstić information content (AvgIpc) is 3.08. The lowest BCUT2D eigenvalue weighted by Gasteiger charge is -2.06. The zero-order valence-corrected chi connectivity index (χ0v) is 13.7. The number of nitrogens with one attached hydrogen (secondary N) is 2. The Balaban J connectivity index is 1.70. The summed E-state index contributed by atoms with van der Waals surface area (Å²) < 4.78 is 0. The van der Waals surface area contributed by atoms with Crippen LogP contribution in [-0.4, -0.2) is 20.9 Å². The van der Waals surface area contributed by atoms with E-state index in [0.717, 1.165) is 22.3 Å². The molecule has 128 valence electrons. The Morgan fingerprint density at radius 1 is 1.04 bits per heavy atom. The number of H-pyrrole nitrogens is 1. The first-order chi connectivity index (χ1) is 12.6. The summed E-state index contributed by atoms with van der Waals surface area (Å²) in [7, 11) is 0. The van der Waals surface area contributed by atoms with E-state index in [9.17, 15) is 4.79 Å². The SMILES string of the molecule is NC(=O)c1ccc(Nc2ncnc3[nH]c(-c4cccc(N)c4)cc23)cc1. The first-order valence-corrected chi connectivity index (χ1v) is 7.97. The molecule has 4 rings (SSSR count). The third kappa shape index (κ3) is 2.93. The van der Waals surface area contributed by atoms with Gasteiger partial charge in [-0.15, -0.1) is 0 Å². The molecule has 0 fully saturated rings. The van der Waals surface area contributed by atoms with Gasteiger partial charge in [0.15, 0.2) is 0 Å². The third-order valence-corrected chi connectivity index (χ3v) is 4.06. The Labute approximate surface area is 149 Å². The van der Waals surface area contributed by atoms with Crippen LogP contribution in [0.1, 0.15) is 10.4 Å². The normalized spacial score (nSPS) is 10.8. The Hall–Kier alpha value is -3.87. The lowest BCUT2D eigenvalue weighted by molar-refractivity contribution is 0.100. The molecule has 0 aliphatic rings. The van der Waals surface area contributed by atoms with Crippen molar-refractivity contribution in [2.75, 3.05) is 11.1 Å². The van der Waals surface area contributed by atoms with Gasteiger partial charge in [-0.1, -0.05) is 12.1 Å². The number of carbonyl (C=O) groups is 1. The van der Waals surface area contributed by atoms with Crippen molar-refractivity contribution >= 4 is 34.1 Å². The number of benzene rings is 2. The molecule has 7 heteroatoms. The van der Waals surface area contributed by atoms with Gasteiger partial charge in [-0.05, 0) is 42.5 Å². The number of nitrogen functional groups attached to an aromatic ring is 1. The molecule has 2 aromatic carbocycles. The van der Waals surface area contributed by atoms with Crippen LogP contribution < -0.4 is 16.8 Å². The van der Waals surface area contributed by atoms with Gasteiger partial charge in [0.25, 0.3) is 0 Å². The fourth-order valence-corrected chi connectivity index (χ4v) is 2.76. The van der Waals surface area contributed by atoms with E-state index in [-0.39, 0.29) is 0 Å². The van der Waals surface area contributed by atoms with Crippen molar-refractivity contribution in [2.24, 2.45) is 5.73 Å². The average molecular weight is 344 g/mol. The maximum atomic E-state index is 11.2. The summed E-state index contributed by atoms with van der Waals surface area (Å²) in [5, 5.41) is 4.09. The van der Waals surface area contributed by atoms with Crippen molar-refractivity contribution in [2.45, 2.75) is 0 Å². The monoisotopic (exact) mass is 344 g/mol. The van der Waals surface area contributed by atoms with E-state index in [1.165, 1.54) is 6.33 Å². The lowest BCUT2D eigenvalue weighted by Crippen LogP contribution is -2.10. The van der Waals surface area contributed by atoms with Crippen molar-refractivity contribution in [3.8, 4) is 11.3 Å². The molecule has 0 saturated carbocycles. The van der Waals surface area contributed by atoms with Crippen LogP contribution in [0.3, 0.4) is 0 Å². The molecule has 0 spiro atoms. The van der Waals surface area contributed by atoms with Crippen molar-refractivity contribution in [1.29, 1.82) is 0 Å². The summed E-state index contributed by atoms with van der Waals surface area (Å²) in [6, 6.07) is 16.5. The molecule has 6 N–H and O–H groups in total. The maximum absolute atomic E-state index is 11.2. The number of aromatic amines is 1. The van der Waals surface area contributed by atoms with Gasteiger partial charge in [0.2, 0.25) is 5.91 Å². The smallest absolute Gasteiger partial charge is 0.248 e. The van der Waals surface area contributed by atoms with E-state index in [0.29, 0.717) is 22.7 Å². The number of nitrogens with zero attached hydrogens (tertiary/aromatic N) is 2. The number of anilines is 3. The van der Waals surface area contributed by atoms with Crippen LogP contribution >= 0.6 is 0 Å². The number of rotatable bonds is 4. The second-order valence-electron chi connectivity index (χ2n) is 5.86. The van der Waals surface area contributed by atoms with Gasteiger partial charge in [-0.25, -0.2) is 9.97 Å². The summed E-state index contributed by atoms with van der Waals surface area (Å²) in [4.78, 5) is 23.1. The van der Waals surface area contributed by atoms with E-state index < -0.39 is 5.91 Å². The van der Waals surface area contributed by atoms with Gasteiger partial charge < -0.3 is 21.8 Å². The number of aromatic nitrogens is 3. The Morgan fingerprint density at radius 3 is 2.58 bits per heavy atom. The van der Waals surface area contributed by atoms with Gasteiger partial charge in [-0.2, -0.15) is 0 Å². The lowest BCUT2D eigenvalue weighted by atomic mass is 10.1. The Kier molecular flexibility index (Phi) is 3.74. The number of hydrogen-bond acceptors (Lipinski definition) is 5. The van der Waals surface area contributed by atoms with E-state index in [4.69, 9.17) is 11.5 Å². The zero-order valence-electron chi connectivity index (χ0n) is 13.7. The summed E-state index contributed by atoms with van der Waals surface area (Å²) >= 11 is 0. The second-order valence-corrected chi connectivity index (χ2v) is 5.86. The minimum Gasteiger partial charge on any atom is -0.399 e. The molecule has 1 amide bonds. The van der Waals surface area contributed by atoms with Gasteiger partial charge in [-0.3, -0.25) is 4.79 Å². The first-order valence-electron chi connectivity index (χ1n) is 7.97. The number of hydrogen-bond donors (Lipinski definition) is 4. The Morgan fingerprint density at radius 2 is 1.85 bits per heavy atom. The van der Waals surface area contributed by atoms with Crippen molar-refractivity contribution in [1.82, 2.24) is 15.0 Å². The summed E-state index contributed by atoms with van der Waals surface area (Å²) in [5.74, 6) is 0.201. The second kappa shape index (κ2) is 6.21. The van der Waals surface area contributed by atoms with Crippen molar-refractivity contribution < 1.29 is 4.79 Å². The quantitative estimate of drug-likeness (QED) is 0.424. The van der Waals surface area contributed by atoms with Gasteiger partial charge >= 0.3 is 0 Å². The molecule has 0 radical (unpaired) electrons. The molecule has 2 heterocycles. The summed E-state index contributed by atoms with van der Waals surface area (Å²) in [6.45, 7) is 0. The van der Waals surface area contributed by atoms with Crippen LogP contribution in [-0.2, 0) is 0 Å². The molecule has 0 bridgehead atoms.